The minimum absolute atomic E-state index is 0.440. The second-order valence-electron chi connectivity index (χ2n) is 4.57. The van der Waals surface area contributed by atoms with Crippen LogP contribution >= 0.6 is 0 Å². The molecule has 1 heterocycles. The van der Waals surface area contributed by atoms with Crippen molar-refractivity contribution < 1.29 is 4.79 Å². The van der Waals surface area contributed by atoms with Crippen LogP contribution in [0.15, 0.2) is 12.5 Å². The maximum Gasteiger partial charge on any atom is 0.168 e. The van der Waals surface area contributed by atoms with Crippen molar-refractivity contribution in [1.29, 1.82) is 0 Å². The predicted molar refractivity (Wildman–Crippen MR) is 49.7 cm³/mol. The number of aldehydes is 1. The second kappa shape index (κ2) is 2.69. The summed E-state index contributed by atoms with van der Waals surface area (Å²) >= 11 is 0. The Morgan fingerprint density at radius 2 is 2.31 bits per heavy atom. The maximum absolute atomic E-state index is 10.6. The molecule has 0 amide bonds. The van der Waals surface area contributed by atoms with E-state index in [2.05, 4.69) is 18.8 Å². The fourth-order valence-corrected chi connectivity index (χ4v) is 2.12. The summed E-state index contributed by atoms with van der Waals surface area (Å²) in [6.45, 7) is 4.50. The van der Waals surface area contributed by atoms with E-state index in [0.29, 0.717) is 17.2 Å². The van der Waals surface area contributed by atoms with Gasteiger partial charge in [0.25, 0.3) is 0 Å². The third-order valence-electron chi connectivity index (χ3n) is 2.79. The van der Waals surface area contributed by atoms with Gasteiger partial charge in [0, 0.05) is 6.04 Å². The third-order valence-corrected chi connectivity index (χ3v) is 2.79. The van der Waals surface area contributed by atoms with Gasteiger partial charge < -0.3 is 4.57 Å². The van der Waals surface area contributed by atoms with Crippen molar-refractivity contribution in [1.82, 2.24) is 9.55 Å². The van der Waals surface area contributed by atoms with Crippen LogP contribution in [0.4, 0.5) is 0 Å². The van der Waals surface area contributed by atoms with Gasteiger partial charge in [0.2, 0.25) is 0 Å². The molecule has 0 unspecified atom stereocenters. The molecule has 0 N–H and O–H groups in total. The van der Waals surface area contributed by atoms with Gasteiger partial charge in [-0.2, -0.15) is 0 Å². The smallest absolute Gasteiger partial charge is 0.168 e. The zero-order chi connectivity index (χ0) is 9.47. The fraction of sp³-hybridized carbons (Fsp3) is 0.600. The van der Waals surface area contributed by atoms with Crippen molar-refractivity contribution in [3.05, 3.63) is 18.2 Å². The number of aromatic nitrogens is 2. The normalized spacial score (nSPS) is 21.1. The summed E-state index contributed by atoms with van der Waals surface area (Å²) in [5.41, 5.74) is 1.13. The molecule has 70 valence electrons. The van der Waals surface area contributed by atoms with Crippen LogP contribution in [-0.4, -0.2) is 15.8 Å². The van der Waals surface area contributed by atoms with Gasteiger partial charge in [-0.05, 0) is 18.3 Å². The van der Waals surface area contributed by atoms with Crippen LogP contribution in [0.3, 0.4) is 0 Å². The van der Waals surface area contributed by atoms with Crippen LogP contribution in [0.25, 0.3) is 0 Å². The highest BCUT2D eigenvalue weighted by molar-refractivity contribution is 5.71. The molecule has 1 aliphatic rings. The average molecular weight is 178 g/mol. The quantitative estimate of drug-likeness (QED) is 0.650. The Kier molecular flexibility index (Phi) is 1.75. The standard InChI is InChI=1S/C10H14N2O/c1-10(2)3-8(4-10)12-7-11-5-9(12)6-13/h5-8H,3-4H2,1-2H3. The Hall–Kier alpha value is -1.12. The third kappa shape index (κ3) is 1.39. The molecular weight excluding hydrogens is 164 g/mol. The van der Waals surface area contributed by atoms with Crippen molar-refractivity contribution in [2.24, 2.45) is 5.41 Å². The summed E-state index contributed by atoms with van der Waals surface area (Å²) in [4.78, 5) is 14.6. The fourth-order valence-electron chi connectivity index (χ4n) is 2.12. The van der Waals surface area contributed by atoms with Crippen LogP contribution in [0.5, 0.6) is 0 Å². The summed E-state index contributed by atoms with van der Waals surface area (Å²) in [7, 11) is 0. The van der Waals surface area contributed by atoms with E-state index >= 15 is 0 Å². The lowest BCUT2D eigenvalue weighted by Gasteiger charge is -2.43. The van der Waals surface area contributed by atoms with Gasteiger partial charge in [-0.3, -0.25) is 4.79 Å². The van der Waals surface area contributed by atoms with Crippen molar-refractivity contribution in [3.63, 3.8) is 0 Å². The zero-order valence-corrected chi connectivity index (χ0v) is 8.03. The molecule has 0 bridgehead atoms. The molecule has 3 heteroatoms. The van der Waals surface area contributed by atoms with E-state index in [1.54, 1.807) is 12.5 Å². The van der Waals surface area contributed by atoms with E-state index in [-0.39, 0.29) is 0 Å². The first-order chi connectivity index (χ1) is 6.12. The molecule has 0 aromatic carbocycles. The lowest BCUT2D eigenvalue weighted by atomic mass is 9.68. The number of hydrogen-bond acceptors (Lipinski definition) is 2. The Labute approximate surface area is 77.8 Å². The first-order valence-corrected chi connectivity index (χ1v) is 4.59. The summed E-state index contributed by atoms with van der Waals surface area (Å²) in [6, 6.07) is 0.484. The molecule has 13 heavy (non-hydrogen) atoms. The van der Waals surface area contributed by atoms with Gasteiger partial charge in [0.05, 0.1) is 12.5 Å². The Morgan fingerprint density at radius 3 is 2.85 bits per heavy atom. The molecule has 1 fully saturated rings. The van der Waals surface area contributed by atoms with E-state index in [4.69, 9.17) is 0 Å². The number of hydrogen-bond donors (Lipinski definition) is 0. The van der Waals surface area contributed by atoms with Crippen molar-refractivity contribution in [2.45, 2.75) is 32.7 Å². The number of rotatable bonds is 2. The van der Waals surface area contributed by atoms with Crippen molar-refractivity contribution in [2.75, 3.05) is 0 Å². The Bertz CT molecular complexity index is 319. The molecule has 2 rings (SSSR count). The second-order valence-corrected chi connectivity index (χ2v) is 4.57. The SMILES string of the molecule is CC1(C)CC(n2cncc2C=O)C1. The summed E-state index contributed by atoms with van der Waals surface area (Å²) < 4.78 is 1.98. The van der Waals surface area contributed by atoms with Crippen LogP contribution in [0.1, 0.15) is 43.2 Å². The van der Waals surface area contributed by atoms with Crippen LogP contribution in [0, 0.1) is 5.41 Å². The molecule has 0 spiro atoms. The van der Waals surface area contributed by atoms with Gasteiger partial charge in [-0.25, -0.2) is 4.98 Å². The lowest BCUT2D eigenvalue weighted by molar-refractivity contribution is 0.0967. The maximum atomic E-state index is 10.6. The monoisotopic (exact) mass is 178 g/mol. The molecule has 0 aliphatic heterocycles. The largest absolute Gasteiger partial charge is 0.325 e. The van der Waals surface area contributed by atoms with Gasteiger partial charge in [-0.1, -0.05) is 13.8 Å². The molecule has 0 saturated heterocycles. The van der Waals surface area contributed by atoms with Crippen LogP contribution < -0.4 is 0 Å². The topological polar surface area (TPSA) is 34.9 Å². The van der Waals surface area contributed by atoms with Gasteiger partial charge in [0.1, 0.15) is 5.69 Å². The molecule has 1 aliphatic carbocycles. The molecule has 1 saturated carbocycles. The summed E-state index contributed by atoms with van der Waals surface area (Å²) in [5.74, 6) is 0. The van der Waals surface area contributed by atoms with Gasteiger partial charge >= 0.3 is 0 Å². The van der Waals surface area contributed by atoms with E-state index in [1.165, 1.54) is 0 Å². The van der Waals surface area contributed by atoms with E-state index in [0.717, 1.165) is 19.1 Å². The molecule has 0 radical (unpaired) electrons. The highest BCUT2D eigenvalue weighted by Crippen LogP contribution is 2.47. The number of imidazole rings is 1. The summed E-state index contributed by atoms with van der Waals surface area (Å²) in [6.07, 6.45) is 6.54. The lowest BCUT2D eigenvalue weighted by Crippen LogP contribution is -2.33. The minimum atomic E-state index is 0.440. The van der Waals surface area contributed by atoms with Crippen molar-refractivity contribution in [3.8, 4) is 0 Å². The van der Waals surface area contributed by atoms with Crippen LogP contribution in [0.2, 0.25) is 0 Å². The van der Waals surface area contributed by atoms with Crippen molar-refractivity contribution >= 4 is 6.29 Å². The van der Waals surface area contributed by atoms with Crippen LogP contribution in [-0.2, 0) is 0 Å². The zero-order valence-electron chi connectivity index (χ0n) is 8.03. The molecule has 3 nitrogen and oxygen atoms in total. The average Bonchev–Trinajstić information content (AvgIpc) is 2.46. The molecule has 1 aromatic rings. The molecule has 1 aromatic heterocycles. The molecule has 0 atom stereocenters. The highest BCUT2D eigenvalue weighted by Gasteiger charge is 2.37. The predicted octanol–water partition coefficient (Wildman–Crippen LogP) is 2.06. The van der Waals surface area contributed by atoms with E-state index in [1.807, 2.05) is 4.57 Å². The van der Waals surface area contributed by atoms with E-state index in [9.17, 15) is 4.79 Å². The van der Waals surface area contributed by atoms with Gasteiger partial charge in [0.15, 0.2) is 6.29 Å². The highest BCUT2D eigenvalue weighted by atomic mass is 16.1. The van der Waals surface area contributed by atoms with Gasteiger partial charge in [-0.15, -0.1) is 0 Å². The number of carbonyl (C=O) groups is 1. The first-order valence-electron chi connectivity index (χ1n) is 4.59. The molecular formula is C10H14N2O. The Balaban J connectivity index is 2.15. The summed E-state index contributed by atoms with van der Waals surface area (Å²) in [5, 5.41) is 0. The number of carbonyl (C=O) groups excluding carboxylic acids is 1. The number of nitrogens with zero attached hydrogens (tertiary/aromatic N) is 2. The van der Waals surface area contributed by atoms with E-state index < -0.39 is 0 Å². The Morgan fingerprint density at radius 1 is 1.62 bits per heavy atom. The minimum Gasteiger partial charge on any atom is -0.325 e. The first kappa shape index (κ1) is 8.48.